The van der Waals surface area contributed by atoms with E-state index in [0.717, 1.165) is 6.07 Å². The molecule has 1 unspecified atom stereocenters. The van der Waals surface area contributed by atoms with Crippen LogP contribution in [0, 0.1) is 13.8 Å². The summed E-state index contributed by atoms with van der Waals surface area (Å²) >= 11 is 0. The average molecular weight is 340 g/mol. The van der Waals surface area contributed by atoms with Gasteiger partial charge in [-0.05, 0) is 49.9 Å². The van der Waals surface area contributed by atoms with Crippen LogP contribution in [0.25, 0.3) is 0 Å². The molecule has 0 bridgehead atoms. The number of carbonyl (C=O) groups excluding carboxylic acids is 1. The molecule has 8 heteroatoms. The van der Waals surface area contributed by atoms with Crippen molar-refractivity contribution in [2.45, 2.75) is 37.6 Å². The zero-order valence-electron chi connectivity index (χ0n) is 13.0. The van der Waals surface area contributed by atoms with E-state index in [-0.39, 0.29) is 16.9 Å². The molecule has 0 aliphatic carbocycles. The van der Waals surface area contributed by atoms with Crippen molar-refractivity contribution in [1.82, 2.24) is 5.32 Å². The summed E-state index contributed by atoms with van der Waals surface area (Å²) in [6, 6.07) is 1.56. The third-order valence-corrected chi connectivity index (χ3v) is 4.49. The second kappa shape index (κ2) is 7.38. The van der Waals surface area contributed by atoms with Crippen LogP contribution in [0.1, 0.15) is 34.3 Å². The van der Waals surface area contributed by atoms with Crippen LogP contribution in [-0.2, 0) is 14.8 Å². The Balaban J connectivity index is 3.15. The van der Waals surface area contributed by atoms with Crippen LogP contribution in [0.5, 0.6) is 0 Å². The van der Waals surface area contributed by atoms with Crippen molar-refractivity contribution in [1.29, 1.82) is 0 Å². The number of allylic oxidation sites excluding steroid dienone is 1. The maximum atomic E-state index is 12.2. The first-order valence-corrected chi connectivity index (χ1v) is 8.41. The maximum Gasteiger partial charge on any atom is 0.326 e. The topological polar surface area (TPSA) is 127 Å². The third kappa shape index (κ3) is 4.90. The summed E-state index contributed by atoms with van der Waals surface area (Å²) in [7, 11) is -3.98. The normalized spacial score (nSPS) is 12.5. The number of carboxylic acids is 1. The molecule has 1 atom stereocenters. The number of rotatable bonds is 7. The summed E-state index contributed by atoms with van der Waals surface area (Å²) in [6.45, 7) is 6.73. The van der Waals surface area contributed by atoms with Gasteiger partial charge in [0.1, 0.15) is 6.04 Å². The highest BCUT2D eigenvalue weighted by Crippen LogP contribution is 2.20. The van der Waals surface area contributed by atoms with Gasteiger partial charge in [0.2, 0.25) is 10.0 Å². The Kier molecular flexibility index (Phi) is 6.05. The zero-order chi connectivity index (χ0) is 17.8. The van der Waals surface area contributed by atoms with Crippen LogP contribution < -0.4 is 10.5 Å². The van der Waals surface area contributed by atoms with Crippen LogP contribution in [0.3, 0.4) is 0 Å². The second-order valence-electron chi connectivity index (χ2n) is 5.19. The average Bonchev–Trinajstić information content (AvgIpc) is 2.44. The van der Waals surface area contributed by atoms with Crippen molar-refractivity contribution >= 4 is 21.9 Å². The first-order chi connectivity index (χ1) is 10.6. The molecule has 0 aliphatic rings. The lowest BCUT2D eigenvalue weighted by Gasteiger charge is -2.15. The number of aryl methyl sites for hydroxylation is 1. The number of carbonyl (C=O) groups is 2. The molecule has 0 saturated heterocycles. The van der Waals surface area contributed by atoms with Gasteiger partial charge in [0.15, 0.2) is 0 Å². The van der Waals surface area contributed by atoms with Crippen LogP contribution in [0.2, 0.25) is 0 Å². The second-order valence-corrected chi connectivity index (χ2v) is 6.72. The van der Waals surface area contributed by atoms with E-state index in [1.165, 1.54) is 6.07 Å². The fourth-order valence-corrected chi connectivity index (χ4v) is 2.92. The molecule has 0 aromatic heterocycles. The number of benzene rings is 1. The number of primary sulfonamides is 1. The molecular formula is C15H20N2O5S. The van der Waals surface area contributed by atoms with Gasteiger partial charge in [0.05, 0.1) is 4.90 Å². The van der Waals surface area contributed by atoms with Crippen LogP contribution in [0.15, 0.2) is 29.7 Å². The fourth-order valence-electron chi connectivity index (χ4n) is 2.04. The minimum atomic E-state index is -3.98. The lowest BCUT2D eigenvalue weighted by Crippen LogP contribution is -2.40. The number of nitrogens with one attached hydrogen (secondary N) is 1. The van der Waals surface area contributed by atoms with Gasteiger partial charge in [-0.3, -0.25) is 4.79 Å². The Morgan fingerprint density at radius 2 is 2.00 bits per heavy atom. The van der Waals surface area contributed by atoms with Gasteiger partial charge in [-0.1, -0.05) is 6.08 Å². The van der Waals surface area contributed by atoms with E-state index in [4.69, 9.17) is 10.2 Å². The van der Waals surface area contributed by atoms with E-state index in [0.29, 0.717) is 17.5 Å². The van der Waals surface area contributed by atoms with Crippen molar-refractivity contribution in [3.05, 3.63) is 41.5 Å². The van der Waals surface area contributed by atoms with Crippen LogP contribution in [-0.4, -0.2) is 31.4 Å². The summed E-state index contributed by atoms with van der Waals surface area (Å²) in [4.78, 5) is 23.2. The molecule has 1 aromatic carbocycles. The standard InChI is InChI=1S/C15H20N2O5S/c1-4-5-6-12(15(19)20)17-14(18)11-7-9(2)10(3)13(8-11)23(16,21)22/h4,7-8,12H,1,5-6H2,2-3H3,(H,17,18)(H,19,20)(H2,16,21,22). The maximum absolute atomic E-state index is 12.2. The molecule has 23 heavy (non-hydrogen) atoms. The molecule has 0 spiro atoms. The Morgan fingerprint density at radius 1 is 1.39 bits per heavy atom. The fraction of sp³-hybridized carbons (Fsp3) is 0.333. The van der Waals surface area contributed by atoms with Gasteiger partial charge in [-0.15, -0.1) is 6.58 Å². The highest BCUT2D eigenvalue weighted by Gasteiger charge is 2.22. The third-order valence-electron chi connectivity index (χ3n) is 3.45. The first kappa shape index (κ1) is 18.9. The molecule has 7 nitrogen and oxygen atoms in total. The Bertz CT molecular complexity index is 740. The number of hydrogen-bond acceptors (Lipinski definition) is 4. The van der Waals surface area contributed by atoms with Gasteiger partial charge >= 0.3 is 5.97 Å². The van der Waals surface area contributed by atoms with Crippen molar-refractivity contribution in [3.8, 4) is 0 Å². The molecule has 0 radical (unpaired) electrons. The number of hydrogen-bond donors (Lipinski definition) is 3. The Labute approximate surface area is 135 Å². The SMILES string of the molecule is C=CCCC(NC(=O)c1cc(C)c(C)c(S(N)(=O)=O)c1)C(=O)O. The van der Waals surface area contributed by atoms with E-state index in [1.807, 2.05) is 0 Å². The largest absolute Gasteiger partial charge is 0.480 e. The number of sulfonamides is 1. The van der Waals surface area contributed by atoms with Crippen LogP contribution in [0.4, 0.5) is 0 Å². The number of amides is 1. The molecule has 126 valence electrons. The van der Waals surface area contributed by atoms with E-state index >= 15 is 0 Å². The highest BCUT2D eigenvalue weighted by atomic mass is 32.2. The number of carboxylic acid groups (broad SMARTS) is 1. The first-order valence-electron chi connectivity index (χ1n) is 6.86. The zero-order valence-corrected chi connectivity index (χ0v) is 13.8. The lowest BCUT2D eigenvalue weighted by molar-refractivity contribution is -0.139. The van der Waals surface area contributed by atoms with E-state index in [9.17, 15) is 18.0 Å². The summed E-state index contributed by atoms with van der Waals surface area (Å²) in [5.41, 5.74) is 1.06. The molecule has 1 aromatic rings. The molecule has 0 fully saturated rings. The minimum Gasteiger partial charge on any atom is -0.480 e. The lowest BCUT2D eigenvalue weighted by atomic mass is 10.0. The summed E-state index contributed by atoms with van der Waals surface area (Å²) in [5.74, 6) is -1.84. The molecule has 1 rings (SSSR count). The highest BCUT2D eigenvalue weighted by molar-refractivity contribution is 7.89. The van der Waals surface area contributed by atoms with Gasteiger partial charge in [-0.25, -0.2) is 18.4 Å². The monoisotopic (exact) mass is 340 g/mol. The van der Waals surface area contributed by atoms with Crippen molar-refractivity contribution in [2.24, 2.45) is 5.14 Å². The Hall–Kier alpha value is -2.19. The van der Waals surface area contributed by atoms with Crippen molar-refractivity contribution in [3.63, 3.8) is 0 Å². The molecule has 0 aliphatic heterocycles. The number of aliphatic carboxylic acids is 1. The van der Waals surface area contributed by atoms with Crippen LogP contribution >= 0.6 is 0 Å². The van der Waals surface area contributed by atoms with Gasteiger partial charge in [0.25, 0.3) is 5.91 Å². The molecule has 0 saturated carbocycles. The van der Waals surface area contributed by atoms with Crippen molar-refractivity contribution in [2.75, 3.05) is 0 Å². The van der Waals surface area contributed by atoms with E-state index in [1.54, 1.807) is 19.9 Å². The van der Waals surface area contributed by atoms with Gasteiger partial charge in [0, 0.05) is 5.56 Å². The predicted octanol–water partition coefficient (Wildman–Crippen LogP) is 1.10. The smallest absolute Gasteiger partial charge is 0.326 e. The quantitative estimate of drug-likeness (QED) is 0.641. The molecule has 0 heterocycles. The van der Waals surface area contributed by atoms with Gasteiger partial charge < -0.3 is 10.4 Å². The summed E-state index contributed by atoms with van der Waals surface area (Å²) in [6.07, 6.45) is 2.17. The number of nitrogens with two attached hydrogens (primary N) is 1. The predicted molar refractivity (Wildman–Crippen MR) is 85.6 cm³/mol. The Morgan fingerprint density at radius 3 is 2.48 bits per heavy atom. The molecule has 1 amide bonds. The van der Waals surface area contributed by atoms with E-state index in [2.05, 4.69) is 11.9 Å². The summed E-state index contributed by atoms with van der Waals surface area (Å²) in [5, 5.41) is 16.6. The van der Waals surface area contributed by atoms with Gasteiger partial charge in [-0.2, -0.15) is 0 Å². The molecular weight excluding hydrogens is 320 g/mol. The summed E-state index contributed by atoms with van der Waals surface area (Å²) < 4.78 is 23.2. The van der Waals surface area contributed by atoms with Crippen molar-refractivity contribution < 1.29 is 23.1 Å². The minimum absolute atomic E-state index is 0.0435. The van der Waals surface area contributed by atoms with E-state index < -0.39 is 27.9 Å². The molecule has 4 N–H and O–H groups in total.